The number of thiophene rings is 1. The van der Waals surface area contributed by atoms with E-state index in [2.05, 4.69) is 203 Å². The molecule has 0 unspecified atom stereocenters. The number of hydrogen-bond donors (Lipinski definition) is 0. The molecule has 0 N–H and O–H groups in total. The molecule has 0 aliphatic carbocycles. The average Bonchev–Trinajstić information content (AvgIpc) is 4.02. The molecule has 5 nitrogen and oxygen atoms in total. The quantitative estimate of drug-likeness (QED) is 0.168. The van der Waals surface area contributed by atoms with Gasteiger partial charge in [-0.2, -0.15) is 0 Å². The molecule has 0 saturated carbocycles. The molecular weight excluding hydrogens is 787 g/mol. The molecule has 9 aromatic carbocycles. The van der Waals surface area contributed by atoms with Crippen molar-refractivity contribution in [2.24, 2.45) is 0 Å². The summed E-state index contributed by atoms with van der Waals surface area (Å²) in [6.07, 6.45) is 0. The van der Waals surface area contributed by atoms with Crippen LogP contribution in [0.2, 0.25) is 0 Å². The van der Waals surface area contributed by atoms with E-state index >= 15 is 0 Å². The monoisotopic (exact) mass is 821 g/mol. The SMILES string of the molecule is c1ccc(-c2nc(-c3cccc(-n4c5ccccc5c5cc(-n6c7ccccc7c7ccccc76)ccc54)c3)nc(-c3cccc4c3sc3c(-c5ccccc5)cccc34)n2)cc1. The second-order valence-electron chi connectivity index (χ2n) is 16.0. The van der Waals surface area contributed by atoms with Crippen molar-refractivity contribution < 1.29 is 0 Å². The lowest BCUT2D eigenvalue weighted by atomic mass is 10.0. The third kappa shape index (κ3) is 5.66. The summed E-state index contributed by atoms with van der Waals surface area (Å²) in [5.74, 6) is 1.91. The number of nitrogens with zero attached hydrogens (tertiary/aromatic N) is 5. The molecule has 13 rings (SSSR count). The van der Waals surface area contributed by atoms with Crippen molar-refractivity contribution in [1.29, 1.82) is 0 Å². The summed E-state index contributed by atoms with van der Waals surface area (Å²) in [7, 11) is 0. The van der Waals surface area contributed by atoms with Gasteiger partial charge in [-0.1, -0.05) is 158 Å². The Morgan fingerprint density at radius 2 is 0.730 bits per heavy atom. The molecule has 0 aliphatic heterocycles. The van der Waals surface area contributed by atoms with E-state index in [-0.39, 0.29) is 0 Å². The summed E-state index contributed by atoms with van der Waals surface area (Å²) in [6.45, 7) is 0. The molecule has 0 spiro atoms. The first-order valence-corrected chi connectivity index (χ1v) is 22.0. The highest BCUT2D eigenvalue weighted by molar-refractivity contribution is 7.26. The highest BCUT2D eigenvalue weighted by Crippen LogP contribution is 2.44. The van der Waals surface area contributed by atoms with E-state index in [1.165, 1.54) is 59.2 Å². The molecule has 0 saturated heterocycles. The summed E-state index contributed by atoms with van der Waals surface area (Å²) in [5.41, 5.74) is 12.1. The third-order valence-electron chi connectivity index (χ3n) is 12.4. The van der Waals surface area contributed by atoms with Gasteiger partial charge in [0.15, 0.2) is 17.5 Å². The van der Waals surface area contributed by atoms with Crippen LogP contribution < -0.4 is 0 Å². The van der Waals surface area contributed by atoms with Crippen LogP contribution in [-0.2, 0) is 0 Å². The second kappa shape index (κ2) is 14.2. The zero-order chi connectivity index (χ0) is 41.4. The molecule has 0 atom stereocenters. The zero-order valence-electron chi connectivity index (χ0n) is 33.9. The van der Waals surface area contributed by atoms with Gasteiger partial charge in [0.1, 0.15) is 0 Å². The molecule has 13 aromatic rings. The maximum absolute atomic E-state index is 5.31. The first-order valence-electron chi connectivity index (χ1n) is 21.2. The Hall–Kier alpha value is -8.19. The van der Waals surface area contributed by atoms with Gasteiger partial charge in [0.25, 0.3) is 0 Å². The van der Waals surface area contributed by atoms with E-state index in [1.807, 2.05) is 18.2 Å². The lowest BCUT2D eigenvalue weighted by molar-refractivity contribution is 1.07. The minimum atomic E-state index is 0.623. The van der Waals surface area contributed by atoms with Gasteiger partial charge in [-0.15, -0.1) is 11.3 Å². The zero-order valence-corrected chi connectivity index (χ0v) is 34.7. The summed E-state index contributed by atoms with van der Waals surface area (Å²) >= 11 is 1.81. The molecule has 0 amide bonds. The largest absolute Gasteiger partial charge is 0.309 e. The van der Waals surface area contributed by atoms with E-state index in [1.54, 1.807) is 11.3 Å². The van der Waals surface area contributed by atoms with E-state index in [4.69, 9.17) is 15.0 Å². The van der Waals surface area contributed by atoms with Crippen LogP contribution in [0.3, 0.4) is 0 Å². The van der Waals surface area contributed by atoms with Crippen LogP contribution in [0.15, 0.2) is 212 Å². The van der Waals surface area contributed by atoms with Crippen LogP contribution in [0.4, 0.5) is 0 Å². The van der Waals surface area contributed by atoms with Gasteiger partial charge in [0.05, 0.1) is 22.1 Å². The van der Waals surface area contributed by atoms with Gasteiger partial charge in [-0.05, 0) is 65.7 Å². The molecule has 6 heteroatoms. The molecule has 0 fully saturated rings. The predicted octanol–water partition coefficient (Wildman–Crippen LogP) is 15.1. The van der Waals surface area contributed by atoms with Crippen molar-refractivity contribution in [3.05, 3.63) is 212 Å². The summed E-state index contributed by atoms with van der Waals surface area (Å²) < 4.78 is 7.17. The first-order chi connectivity index (χ1) is 31.2. The summed E-state index contributed by atoms with van der Waals surface area (Å²) in [6, 6.07) is 75.5. The van der Waals surface area contributed by atoms with Gasteiger partial charge < -0.3 is 9.13 Å². The number of para-hydroxylation sites is 3. The number of fused-ring (bicyclic) bond motifs is 9. The lowest BCUT2D eigenvalue weighted by Crippen LogP contribution is -2.01. The molecule has 294 valence electrons. The number of aromatic nitrogens is 5. The van der Waals surface area contributed by atoms with Crippen molar-refractivity contribution in [2.75, 3.05) is 0 Å². The fraction of sp³-hybridized carbons (Fsp3) is 0. The molecule has 0 bridgehead atoms. The minimum absolute atomic E-state index is 0.623. The number of hydrogen-bond acceptors (Lipinski definition) is 4. The molecule has 0 aliphatic rings. The third-order valence-corrected chi connectivity index (χ3v) is 13.7. The summed E-state index contributed by atoms with van der Waals surface area (Å²) in [4.78, 5) is 15.7. The van der Waals surface area contributed by atoms with Gasteiger partial charge in [0.2, 0.25) is 0 Å². The maximum atomic E-state index is 5.31. The Morgan fingerprint density at radius 3 is 1.38 bits per heavy atom. The standard InChI is InChI=1S/C57H35N5S/c1-3-16-36(17-4-1)41-25-14-26-45-46-27-15-28-47(54(46)63-53(41)45)57-59-55(37-18-5-2-6-19-37)58-56(60-57)38-20-13-21-39(34-38)61-51-31-12-9-24-44(51)48-35-40(32-33-52(48)61)62-49-29-10-7-22-42(49)43-23-8-11-30-50(43)62/h1-35H. The normalized spacial score (nSPS) is 11.8. The number of rotatable bonds is 6. The Labute approximate surface area is 366 Å². The van der Waals surface area contributed by atoms with E-state index < -0.39 is 0 Å². The number of benzene rings is 9. The van der Waals surface area contributed by atoms with Crippen LogP contribution >= 0.6 is 11.3 Å². The lowest BCUT2D eigenvalue weighted by Gasteiger charge is -2.12. The predicted molar refractivity (Wildman–Crippen MR) is 263 cm³/mol. The van der Waals surface area contributed by atoms with Crippen molar-refractivity contribution in [3.8, 4) is 56.7 Å². The Morgan fingerprint density at radius 1 is 0.286 bits per heavy atom. The molecule has 4 aromatic heterocycles. The fourth-order valence-corrected chi connectivity index (χ4v) is 10.9. The fourth-order valence-electron chi connectivity index (χ4n) is 9.55. The van der Waals surface area contributed by atoms with Crippen LogP contribution in [0.1, 0.15) is 0 Å². The maximum Gasteiger partial charge on any atom is 0.165 e. The van der Waals surface area contributed by atoms with E-state index in [0.29, 0.717) is 17.5 Å². The smallest absolute Gasteiger partial charge is 0.165 e. The van der Waals surface area contributed by atoms with Crippen molar-refractivity contribution >= 4 is 75.1 Å². The van der Waals surface area contributed by atoms with Gasteiger partial charge >= 0.3 is 0 Å². The summed E-state index contributed by atoms with van der Waals surface area (Å²) in [5, 5.41) is 7.32. The molecule has 4 heterocycles. The topological polar surface area (TPSA) is 48.5 Å². The molecular formula is C57H35N5S. The minimum Gasteiger partial charge on any atom is -0.309 e. The van der Waals surface area contributed by atoms with Gasteiger partial charge in [-0.25, -0.2) is 15.0 Å². The van der Waals surface area contributed by atoms with Crippen LogP contribution in [-0.4, -0.2) is 24.1 Å². The highest BCUT2D eigenvalue weighted by atomic mass is 32.1. The highest BCUT2D eigenvalue weighted by Gasteiger charge is 2.20. The van der Waals surface area contributed by atoms with E-state index in [9.17, 15) is 0 Å². The van der Waals surface area contributed by atoms with Crippen molar-refractivity contribution in [2.45, 2.75) is 0 Å². The van der Waals surface area contributed by atoms with Crippen molar-refractivity contribution in [1.82, 2.24) is 24.1 Å². The van der Waals surface area contributed by atoms with Crippen LogP contribution in [0.25, 0.3) is 120 Å². The van der Waals surface area contributed by atoms with Crippen LogP contribution in [0, 0.1) is 0 Å². The molecule has 0 radical (unpaired) electrons. The van der Waals surface area contributed by atoms with E-state index in [0.717, 1.165) is 43.8 Å². The Kier molecular flexibility index (Phi) is 8.01. The van der Waals surface area contributed by atoms with Crippen molar-refractivity contribution in [3.63, 3.8) is 0 Å². The van der Waals surface area contributed by atoms with Crippen LogP contribution in [0.5, 0.6) is 0 Å². The van der Waals surface area contributed by atoms with Gasteiger partial charge in [0, 0.05) is 69.8 Å². The first kappa shape index (κ1) is 35.6. The molecule has 63 heavy (non-hydrogen) atoms. The Balaban J connectivity index is 0.982. The Bertz CT molecular complexity index is 3860. The average molecular weight is 822 g/mol. The van der Waals surface area contributed by atoms with Gasteiger partial charge in [-0.3, -0.25) is 0 Å². The second-order valence-corrected chi connectivity index (χ2v) is 17.0.